The monoisotopic (exact) mass is 524 g/mol. The van der Waals surface area contributed by atoms with Gasteiger partial charge in [0.2, 0.25) is 17.6 Å². The molecule has 1 saturated heterocycles. The van der Waals surface area contributed by atoms with Crippen molar-refractivity contribution in [3.63, 3.8) is 0 Å². The zero-order valence-corrected chi connectivity index (χ0v) is 20.9. The average Bonchev–Trinajstić information content (AvgIpc) is 3.69. The number of rotatable bonds is 9. The van der Waals surface area contributed by atoms with E-state index < -0.39 is 17.8 Å². The van der Waals surface area contributed by atoms with Gasteiger partial charge < -0.3 is 15.0 Å². The number of nitrogens with zero attached hydrogens (tertiary/aromatic N) is 5. The van der Waals surface area contributed by atoms with Crippen LogP contribution >= 0.6 is 0 Å². The van der Waals surface area contributed by atoms with Crippen molar-refractivity contribution >= 4 is 11.8 Å². The molecule has 2 fully saturated rings. The molecule has 2 aromatic carbocycles. The fourth-order valence-corrected chi connectivity index (χ4v) is 5.06. The van der Waals surface area contributed by atoms with Crippen LogP contribution in [0.4, 0.5) is 8.78 Å². The fraction of sp³-hybridized carbons (Fsp3) is 0.444. The molecule has 5 rings (SSSR count). The lowest BCUT2D eigenvalue weighted by Gasteiger charge is -2.33. The lowest BCUT2D eigenvalue weighted by Crippen LogP contribution is -2.49. The highest BCUT2D eigenvalue weighted by Crippen LogP contribution is 2.27. The second-order valence-corrected chi connectivity index (χ2v) is 9.78. The van der Waals surface area contributed by atoms with Gasteiger partial charge in [0.15, 0.2) is 0 Å². The van der Waals surface area contributed by atoms with Crippen LogP contribution in [-0.2, 0) is 20.9 Å². The van der Waals surface area contributed by atoms with Gasteiger partial charge in [-0.2, -0.15) is 4.80 Å². The molecule has 1 saturated carbocycles. The molecule has 200 valence electrons. The van der Waals surface area contributed by atoms with E-state index in [-0.39, 0.29) is 42.8 Å². The molecule has 0 unspecified atom stereocenters. The van der Waals surface area contributed by atoms with Crippen LogP contribution in [0.1, 0.15) is 50.1 Å². The Hall–Kier alpha value is -3.73. The van der Waals surface area contributed by atoms with Gasteiger partial charge in [-0.1, -0.05) is 25.0 Å². The van der Waals surface area contributed by atoms with E-state index in [1.165, 1.54) is 53.4 Å². The van der Waals surface area contributed by atoms with Gasteiger partial charge in [-0.3, -0.25) is 9.59 Å². The Morgan fingerprint density at radius 1 is 1.00 bits per heavy atom. The zero-order chi connectivity index (χ0) is 26.5. The summed E-state index contributed by atoms with van der Waals surface area (Å²) in [5, 5.41) is 15.4. The van der Waals surface area contributed by atoms with Crippen LogP contribution in [0.5, 0.6) is 0 Å². The summed E-state index contributed by atoms with van der Waals surface area (Å²) in [5.41, 5.74) is 1.06. The van der Waals surface area contributed by atoms with Crippen molar-refractivity contribution in [2.24, 2.45) is 0 Å². The van der Waals surface area contributed by atoms with Gasteiger partial charge in [0.1, 0.15) is 24.2 Å². The number of carbonyl (C=O) groups excluding carboxylic acids is 2. The van der Waals surface area contributed by atoms with Crippen LogP contribution < -0.4 is 5.32 Å². The summed E-state index contributed by atoms with van der Waals surface area (Å²) in [6.07, 6.45) is 5.26. The van der Waals surface area contributed by atoms with Crippen molar-refractivity contribution in [2.45, 2.75) is 63.3 Å². The van der Waals surface area contributed by atoms with E-state index in [1.807, 2.05) is 0 Å². The minimum absolute atomic E-state index is 0.0420. The van der Waals surface area contributed by atoms with Crippen molar-refractivity contribution in [1.29, 1.82) is 0 Å². The van der Waals surface area contributed by atoms with Gasteiger partial charge in [-0.05, 0) is 72.9 Å². The summed E-state index contributed by atoms with van der Waals surface area (Å²) in [7, 11) is 0. The zero-order valence-electron chi connectivity index (χ0n) is 20.9. The number of amides is 2. The van der Waals surface area contributed by atoms with Gasteiger partial charge in [0.25, 0.3) is 0 Å². The first kappa shape index (κ1) is 25.9. The Kier molecular flexibility index (Phi) is 8.02. The average molecular weight is 525 g/mol. The van der Waals surface area contributed by atoms with E-state index in [0.717, 1.165) is 43.3 Å². The van der Waals surface area contributed by atoms with Crippen molar-refractivity contribution in [3.05, 3.63) is 65.7 Å². The number of benzene rings is 2. The molecule has 2 amide bonds. The molecule has 1 aliphatic carbocycles. The molecule has 2 aliphatic rings. The number of hydrogen-bond donors (Lipinski definition) is 1. The second kappa shape index (κ2) is 11.8. The summed E-state index contributed by atoms with van der Waals surface area (Å²) in [4.78, 5) is 30.0. The fourth-order valence-electron chi connectivity index (χ4n) is 5.06. The van der Waals surface area contributed by atoms with Crippen LogP contribution in [0.15, 0.2) is 48.5 Å². The highest BCUT2D eigenvalue weighted by Gasteiger charge is 2.35. The number of hydrogen-bond acceptors (Lipinski definition) is 6. The molecule has 0 radical (unpaired) electrons. The summed E-state index contributed by atoms with van der Waals surface area (Å²) < 4.78 is 32.9. The van der Waals surface area contributed by atoms with Gasteiger partial charge >= 0.3 is 0 Å². The van der Waals surface area contributed by atoms with Crippen molar-refractivity contribution in [2.75, 3.05) is 13.2 Å². The molecule has 0 bridgehead atoms. The van der Waals surface area contributed by atoms with E-state index in [2.05, 4.69) is 20.7 Å². The maximum absolute atomic E-state index is 13.8. The lowest BCUT2D eigenvalue weighted by atomic mass is 10.0. The van der Waals surface area contributed by atoms with E-state index in [1.54, 1.807) is 0 Å². The summed E-state index contributed by atoms with van der Waals surface area (Å²) >= 11 is 0. The maximum atomic E-state index is 13.8. The number of nitrogens with one attached hydrogen (secondary N) is 1. The van der Waals surface area contributed by atoms with E-state index in [9.17, 15) is 18.4 Å². The third kappa shape index (κ3) is 6.21. The normalized spacial score (nSPS) is 18.4. The molecule has 38 heavy (non-hydrogen) atoms. The number of aromatic nitrogens is 4. The molecular formula is C27H30F2N6O3. The summed E-state index contributed by atoms with van der Waals surface area (Å²) in [6, 6.07) is 10.3. The van der Waals surface area contributed by atoms with Crippen molar-refractivity contribution < 1.29 is 23.1 Å². The Morgan fingerprint density at radius 2 is 1.68 bits per heavy atom. The first-order valence-electron chi connectivity index (χ1n) is 13.0. The Balaban J connectivity index is 1.42. The van der Waals surface area contributed by atoms with Crippen LogP contribution in [0, 0.1) is 11.6 Å². The molecule has 11 heteroatoms. The molecule has 1 aromatic heterocycles. The molecule has 0 spiro atoms. The molecule has 2 atom stereocenters. The minimum Gasteiger partial charge on any atom is -0.376 e. The number of carbonyl (C=O) groups is 2. The number of halogens is 2. The molecule has 3 aromatic rings. The van der Waals surface area contributed by atoms with Gasteiger partial charge in [0, 0.05) is 24.8 Å². The van der Waals surface area contributed by atoms with E-state index in [4.69, 9.17) is 4.74 Å². The highest BCUT2D eigenvalue weighted by atomic mass is 19.1. The predicted octanol–water partition coefficient (Wildman–Crippen LogP) is 3.43. The summed E-state index contributed by atoms with van der Waals surface area (Å²) in [6.45, 7) is 0.516. The SMILES string of the molecule is O=C(NC1CCCC1)[C@H](c1ccc(F)cc1)N(C[C@H]1CCCO1)C(=O)Cn1nnc(-c2ccc(F)cc2)n1. The topological polar surface area (TPSA) is 102 Å². The molecule has 9 nitrogen and oxygen atoms in total. The maximum Gasteiger partial charge on any atom is 0.247 e. The third-order valence-electron chi connectivity index (χ3n) is 7.02. The van der Waals surface area contributed by atoms with Crippen LogP contribution in [-0.4, -0.2) is 62.2 Å². The van der Waals surface area contributed by atoms with E-state index in [0.29, 0.717) is 17.7 Å². The van der Waals surface area contributed by atoms with Crippen LogP contribution in [0.3, 0.4) is 0 Å². The standard InChI is InChI=1S/C27H30F2N6O3/c28-20-11-7-18(8-12-20)25(27(37)30-22-4-1-2-5-22)34(16-23-6-3-15-38-23)24(36)17-35-32-26(31-33-35)19-9-13-21(29)14-10-19/h7-14,22-23,25H,1-6,15-17H2,(H,30,37)/t23-,25+/m1/s1. The Bertz CT molecular complexity index is 1240. The van der Waals surface area contributed by atoms with Gasteiger partial charge in [0.05, 0.1) is 6.10 Å². The highest BCUT2D eigenvalue weighted by molar-refractivity contribution is 5.89. The molecule has 1 aliphatic heterocycles. The van der Waals surface area contributed by atoms with Crippen LogP contribution in [0.25, 0.3) is 11.4 Å². The Morgan fingerprint density at radius 3 is 2.34 bits per heavy atom. The molecule has 1 N–H and O–H groups in total. The Labute approximate surface area is 219 Å². The van der Waals surface area contributed by atoms with Gasteiger partial charge in [-0.25, -0.2) is 8.78 Å². The number of ether oxygens (including phenoxy) is 1. The predicted molar refractivity (Wildman–Crippen MR) is 133 cm³/mol. The second-order valence-electron chi connectivity index (χ2n) is 9.78. The number of tetrazole rings is 1. The van der Waals surface area contributed by atoms with Crippen LogP contribution in [0.2, 0.25) is 0 Å². The lowest BCUT2D eigenvalue weighted by molar-refractivity contribution is -0.143. The largest absolute Gasteiger partial charge is 0.376 e. The third-order valence-corrected chi connectivity index (χ3v) is 7.02. The van der Waals surface area contributed by atoms with Gasteiger partial charge in [-0.15, -0.1) is 10.2 Å². The smallest absolute Gasteiger partial charge is 0.247 e. The first-order chi connectivity index (χ1) is 18.5. The van der Waals surface area contributed by atoms with E-state index >= 15 is 0 Å². The first-order valence-corrected chi connectivity index (χ1v) is 13.0. The molecule has 2 heterocycles. The molecular weight excluding hydrogens is 494 g/mol. The minimum atomic E-state index is -0.979. The van der Waals surface area contributed by atoms with Crippen molar-refractivity contribution in [3.8, 4) is 11.4 Å². The van der Waals surface area contributed by atoms with Crippen molar-refractivity contribution in [1.82, 2.24) is 30.4 Å². The summed E-state index contributed by atoms with van der Waals surface area (Å²) in [5.74, 6) is -1.28. The quantitative estimate of drug-likeness (QED) is 0.460.